The lowest BCUT2D eigenvalue weighted by Crippen LogP contribution is -2.49. The van der Waals surface area contributed by atoms with Crippen LogP contribution in [0.15, 0.2) is 145 Å². The first kappa shape index (κ1) is 33.1. The molecule has 0 aromatic heterocycles. The van der Waals surface area contributed by atoms with Crippen LogP contribution >= 0.6 is 0 Å². The molecule has 0 radical (unpaired) electrons. The minimum absolute atomic E-state index is 0.00750. The molecule has 44 heavy (non-hydrogen) atoms. The second kappa shape index (κ2) is 16.9. The Morgan fingerprint density at radius 1 is 0.682 bits per heavy atom. The Hall–Kier alpha value is -3.85. The second-order valence-corrected chi connectivity index (χ2v) is 12.5. The summed E-state index contributed by atoms with van der Waals surface area (Å²) in [6.07, 6.45) is 1.26. The summed E-state index contributed by atoms with van der Waals surface area (Å²) in [6.45, 7) is 10.8. The van der Waals surface area contributed by atoms with Crippen molar-refractivity contribution in [2.24, 2.45) is 0 Å². The van der Waals surface area contributed by atoms with Crippen molar-refractivity contribution in [1.82, 2.24) is 4.31 Å². The number of benzene rings is 4. The highest BCUT2D eigenvalue weighted by Gasteiger charge is 2.35. The van der Waals surface area contributed by atoms with Gasteiger partial charge < -0.3 is 14.2 Å². The predicted octanol–water partition coefficient (Wildman–Crippen LogP) is 7.11. The largest absolute Gasteiger partial charge is 0.369 e. The van der Waals surface area contributed by atoms with Crippen LogP contribution in [0.3, 0.4) is 0 Å². The third kappa shape index (κ3) is 9.58. The summed E-state index contributed by atoms with van der Waals surface area (Å²) in [5, 5.41) is 0. The summed E-state index contributed by atoms with van der Waals surface area (Å²) in [5.74, 6) is 0. The van der Waals surface area contributed by atoms with E-state index in [0.29, 0.717) is 6.61 Å². The Balaban J connectivity index is 1.69. The lowest BCUT2D eigenvalue weighted by Gasteiger charge is -2.35. The molecular formula is C37H41NO5S. The zero-order valence-electron chi connectivity index (χ0n) is 25.2. The van der Waals surface area contributed by atoms with Gasteiger partial charge in [-0.05, 0) is 35.7 Å². The molecule has 0 unspecified atom stereocenters. The van der Waals surface area contributed by atoms with Crippen molar-refractivity contribution in [3.8, 4) is 0 Å². The van der Waals surface area contributed by atoms with Gasteiger partial charge in [-0.2, -0.15) is 4.31 Å². The van der Waals surface area contributed by atoms with Crippen LogP contribution in [0, 0.1) is 6.92 Å². The van der Waals surface area contributed by atoms with Gasteiger partial charge in [0.05, 0.1) is 24.7 Å². The average Bonchev–Trinajstić information content (AvgIpc) is 3.06. The van der Waals surface area contributed by atoms with E-state index in [2.05, 4.69) is 13.2 Å². The van der Waals surface area contributed by atoms with Crippen LogP contribution in [0.25, 0.3) is 0 Å². The maximum Gasteiger partial charge on any atom is 0.243 e. The fourth-order valence-corrected chi connectivity index (χ4v) is 6.17. The van der Waals surface area contributed by atoms with Gasteiger partial charge >= 0.3 is 0 Å². The SMILES string of the molecule is C=CCN(C[C@H](OCc1ccccc1)[C@@H](OCc1ccccc1)[C@@H](C=C)OCc1ccccc1)S(=O)(=O)c1ccc(C)cc1. The van der Waals surface area contributed by atoms with Crippen molar-refractivity contribution < 1.29 is 22.6 Å². The van der Waals surface area contributed by atoms with Crippen molar-refractivity contribution in [2.45, 2.75) is 50.0 Å². The van der Waals surface area contributed by atoms with Crippen LogP contribution < -0.4 is 0 Å². The lowest BCUT2D eigenvalue weighted by atomic mass is 10.1. The molecule has 230 valence electrons. The topological polar surface area (TPSA) is 65.1 Å². The smallest absolute Gasteiger partial charge is 0.243 e. The Morgan fingerprint density at radius 2 is 1.16 bits per heavy atom. The third-order valence-corrected chi connectivity index (χ3v) is 9.02. The van der Waals surface area contributed by atoms with E-state index >= 15 is 0 Å². The second-order valence-electron chi connectivity index (χ2n) is 10.5. The Labute approximate surface area is 262 Å². The summed E-state index contributed by atoms with van der Waals surface area (Å²) in [7, 11) is -3.89. The highest BCUT2D eigenvalue weighted by atomic mass is 32.2. The van der Waals surface area contributed by atoms with Crippen LogP contribution in [-0.4, -0.2) is 44.1 Å². The summed E-state index contributed by atoms with van der Waals surface area (Å²) in [6, 6.07) is 36.3. The van der Waals surface area contributed by atoms with Crippen LogP contribution in [0.4, 0.5) is 0 Å². The lowest BCUT2D eigenvalue weighted by molar-refractivity contribution is -0.140. The Bertz CT molecular complexity index is 1530. The maximum atomic E-state index is 13.9. The molecule has 0 aliphatic carbocycles. The molecule has 0 N–H and O–H groups in total. The molecule has 0 saturated carbocycles. The van der Waals surface area contributed by atoms with Gasteiger partial charge in [0.1, 0.15) is 18.3 Å². The van der Waals surface area contributed by atoms with Gasteiger partial charge in [0, 0.05) is 13.1 Å². The quantitative estimate of drug-likeness (QED) is 0.112. The number of hydrogen-bond donors (Lipinski definition) is 0. The molecule has 0 saturated heterocycles. The number of hydrogen-bond acceptors (Lipinski definition) is 5. The Kier molecular flexibility index (Phi) is 12.7. The van der Waals surface area contributed by atoms with Crippen molar-refractivity contribution in [2.75, 3.05) is 13.1 Å². The highest BCUT2D eigenvalue weighted by Crippen LogP contribution is 2.23. The number of sulfonamides is 1. The van der Waals surface area contributed by atoms with Crippen molar-refractivity contribution in [1.29, 1.82) is 0 Å². The molecule has 4 rings (SSSR count). The number of ether oxygens (including phenoxy) is 3. The number of aryl methyl sites for hydroxylation is 1. The van der Waals surface area contributed by atoms with Gasteiger partial charge in [-0.15, -0.1) is 13.2 Å². The summed E-state index contributed by atoms with van der Waals surface area (Å²) < 4.78 is 48.7. The van der Waals surface area contributed by atoms with E-state index in [1.165, 1.54) is 4.31 Å². The van der Waals surface area contributed by atoms with Crippen LogP contribution in [0.1, 0.15) is 22.3 Å². The van der Waals surface area contributed by atoms with Crippen molar-refractivity contribution in [3.05, 3.63) is 163 Å². The molecule has 4 aromatic carbocycles. The first-order valence-corrected chi connectivity index (χ1v) is 16.1. The van der Waals surface area contributed by atoms with Gasteiger partial charge in [0.25, 0.3) is 0 Å². The molecule has 0 amide bonds. The molecule has 0 aliphatic heterocycles. The normalized spacial score (nSPS) is 13.7. The van der Waals surface area contributed by atoms with E-state index in [9.17, 15) is 8.42 Å². The summed E-state index contributed by atoms with van der Waals surface area (Å²) >= 11 is 0. The predicted molar refractivity (Wildman–Crippen MR) is 175 cm³/mol. The monoisotopic (exact) mass is 611 g/mol. The summed E-state index contributed by atoms with van der Waals surface area (Å²) in [4.78, 5) is 0.203. The molecule has 6 nitrogen and oxygen atoms in total. The van der Waals surface area contributed by atoms with Crippen molar-refractivity contribution >= 4 is 10.0 Å². The zero-order valence-corrected chi connectivity index (χ0v) is 26.0. The van der Waals surface area contributed by atoms with Gasteiger partial charge in [-0.1, -0.05) is 121 Å². The highest BCUT2D eigenvalue weighted by molar-refractivity contribution is 7.89. The average molecular weight is 612 g/mol. The minimum atomic E-state index is -3.89. The van der Waals surface area contributed by atoms with Crippen LogP contribution in [0.5, 0.6) is 0 Å². The first-order valence-electron chi connectivity index (χ1n) is 14.7. The third-order valence-electron chi connectivity index (χ3n) is 7.18. The van der Waals surface area contributed by atoms with Gasteiger partial charge in [-0.25, -0.2) is 8.42 Å². The van der Waals surface area contributed by atoms with E-state index in [0.717, 1.165) is 22.3 Å². The van der Waals surface area contributed by atoms with Crippen LogP contribution in [0.2, 0.25) is 0 Å². The van der Waals surface area contributed by atoms with Crippen LogP contribution in [-0.2, 0) is 44.1 Å². The van der Waals surface area contributed by atoms with Gasteiger partial charge in [-0.3, -0.25) is 0 Å². The molecule has 0 fully saturated rings. The maximum absolute atomic E-state index is 13.9. The molecule has 0 heterocycles. The number of rotatable bonds is 18. The van der Waals surface area contributed by atoms with Gasteiger partial charge in [0.15, 0.2) is 0 Å². The minimum Gasteiger partial charge on any atom is -0.369 e. The summed E-state index contributed by atoms with van der Waals surface area (Å²) in [5.41, 5.74) is 3.90. The molecule has 3 atom stereocenters. The van der Waals surface area contributed by atoms with E-state index < -0.39 is 28.3 Å². The number of nitrogens with zero attached hydrogens (tertiary/aromatic N) is 1. The van der Waals surface area contributed by atoms with E-state index in [4.69, 9.17) is 14.2 Å². The fraction of sp³-hybridized carbons (Fsp3) is 0.243. The standard InChI is InChI=1S/C37H41NO5S/c1-4-25-38(44(39,40)34-23-21-30(3)22-24-34)26-36(42-28-32-17-11-7-12-18-32)37(43-29-33-19-13-8-14-20-33)35(5-2)41-27-31-15-9-6-10-16-31/h4-24,35-37H,1-2,25-29H2,3H3/t35-,36+,37+/m1/s1. The Morgan fingerprint density at radius 3 is 1.64 bits per heavy atom. The van der Waals surface area contributed by atoms with E-state index in [1.807, 2.05) is 97.9 Å². The molecule has 0 spiro atoms. The molecule has 0 aliphatic rings. The molecule has 0 bridgehead atoms. The molecule has 4 aromatic rings. The van der Waals surface area contributed by atoms with Crippen molar-refractivity contribution in [3.63, 3.8) is 0 Å². The first-order chi connectivity index (χ1) is 21.4. The zero-order chi connectivity index (χ0) is 31.2. The van der Waals surface area contributed by atoms with Gasteiger partial charge in [0.2, 0.25) is 10.0 Å². The fourth-order valence-electron chi connectivity index (χ4n) is 4.75. The molecule has 7 heteroatoms. The van der Waals surface area contributed by atoms with E-state index in [-0.39, 0.29) is 31.2 Å². The van der Waals surface area contributed by atoms with E-state index in [1.54, 1.807) is 36.4 Å². The molecular weight excluding hydrogens is 570 g/mol.